The number of rotatable bonds is 2. The molecule has 2 aliphatic rings. The van der Waals surface area contributed by atoms with Crippen molar-refractivity contribution in [3.05, 3.63) is 17.0 Å². The van der Waals surface area contributed by atoms with Gasteiger partial charge in [0.05, 0.1) is 5.00 Å². The third kappa shape index (κ3) is 5.81. The molecule has 1 unspecified atom stereocenters. The van der Waals surface area contributed by atoms with Crippen molar-refractivity contribution in [1.82, 2.24) is 4.90 Å². The molecule has 2 fully saturated rings. The van der Waals surface area contributed by atoms with Crippen LogP contribution in [0.15, 0.2) is 11.4 Å². The number of anilines is 1. The normalized spacial score (nSPS) is 20.7. The molecule has 2 aliphatic heterocycles. The van der Waals surface area contributed by atoms with Gasteiger partial charge >= 0.3 is 12.2 Å². The van der Waals surface area contributed by atoms with Gasteiger partial charge in [0.15, 0.2) is 0 Å². The average molecular weight is 395 g/mol. The fraction of sp³-hybridized carbons (Fsp3) is 0.700. The molecule has 0 aromatic carbocycles. The predicted molar refractivity (Wildman–Crippen MR) is 105 cm³/mol. The van der Waals surface area contributed by atoms with Crippen LogP contribution in [0.25, 0.3) is 0 Å². The third-order valence-electron chi connectivity index (χ3n) is 5.13. The second-order valence-corrected chi connectivity index (χ2v) is 9.09. The molecule has 1 amide bonds. The van der Waals surface area contributed by atoms with Crippen molar-refractivity contribution >= 4 is 28.6 Å². The largest absolute Gasteiger partial charge is 0.444 e. The summed E-state index contributed by atoms with van der Waals surface area (Å²) in [5, 5.41) is 3.65. The van der Waals surface area contributed by atoms with E-state index in [1.165, 1.54) is 30.0 Å². The summed E-state index contributed by atoms with van der Waals surface area (Å²) < 4.78 is 5.51. The fourth-order valence-corrected chi connectivity index (χ4v) is 5.00. The van der Waals surface area contributed by atoms with Gasteiger partial charge in [-0.05, 0) is 76.3 Å². The maximum atomic E-state index is 12.2. The summed E-state index contributed by atoms with van der Waals surface area (Å²) in [5.41, 5.74) is 0.991. The number of likely N-dealkylation sites (tertiary alicyclic amines) is 1. The topological polar surface area (TPSA) is 66.9 Å². The molecule has 0 N–H and O–H groups in total. The lowest BCUT2D eigenvalue weighted by atomic mass is 9.88. The third-order valence-corrected chi connectivity index (χ3v) is 6.18. The maximum Gasteiger partial charge on any atom is 0.410 e. The van der Waals surface area contributed by atoms with E-state index in [0.29, 0.717) is 12.0 Å². The van der Waals surface area contributed by atoms with Gasteiger partial charge < -0.3 is 14.5 Å². The first-order valence-corrected chi connectivity index (χ1v) is 10.4. The summed E-state index contributed by atoms with van der Waals surface area (Å²) in [6.45, 7) is 10.8. The minimum Gasteiger partial charge on any atom is -0.444 e. The zero-order valence-electron chi connectivity index (χ0n) is 16.7. The number of nitrogens with zero attached hydrogens (tertiary/aromatic N) is 2. The Morgan fingerprint density at radius 2 is 1.81 bits per heavy atom. The Kier molecular flexibility index (Phi) is 7.45. The van der Waals surface area contributed by atoms with E-state index in [9.17, 15) is 4.79 Å². The number of carbonyl (C=O) groups is 1. The molecule has 3 heterocycles. The molecular weight excluding hydrogens is 364 g/mol. The lowest BCUT2D eigenvalue weighted by molar-refractivity contribution is -0.191. The highest BCUT2D eigenvalue weighted by molar-refractivity contribution is 7.14. The van der Waals surface area contributed by atoms with E-state index in [0.717, 1.165) is 25.9 Å². The van der Waals surface area contributed by atoms with Crippen molar-refractivity contribution in [2.75, 3.05) is 24.5 Å². The van der Waals surface area contributed by atoms with Gasteiger partial charge in [-0.3, -0.25) is 0 Å². The molecular formula is C20H30N2O4S. The van der Waals surface area contributed by atoms with Crippen molar-refractivity contribution in [2.45, 2.75) is 65.0 Å². The van der Waals surface area contributed by atoms with Crippen LogP contribution in [0, 0.1) is 12.8 Å². The lowest BCUT2D eigenvalue weighted by Crippen LogP contribution is -2.46. The number of piperidine rings is 1. The molecule has 150 valence electrons. The second-order valence-electron chi connectivity index (χ2n) is 8.20. The first-order valence-electron chi connectivity index (χ1n) is 9.54. The smallest absolute Gasteiger partial charge is 0.410 e. The molecule has 1 atom stereocenters. The van der Waals surface area contributed by atoms with Crippen molar-refractivity contribution in [1.29, 1.82) is 0 Å². The highest BCUT2D eigenvalue weighted by Gasteiger charge is 2.36. The summed E-state index contributed by atoms with van der Waals surface area (Å²) in [5.74, 6) is 0.688. The van der Waals surface area contributed by atoms with E-state index in [1.807, 2.05) is 37.0 Å². The monoisotopic (exact) mass is 394 g/mol. The standard InChI is InChI=1S/C19H30N2O2S.CO2/c1-14-9-13-24-17(14)21-10-5-6-16(21)15-7-11-20(12-8-15)18(22)23-19(2,3)4;2-1-3/h9,13,15-16H,5-8,10-12H2,1-4H3;. The van der Waals surface area contributed by atoms with Gasteiger partial charge in [0, 0.05) is 25.7 Å². The zero-order chi connectivity index (χ0) is 20.0. The molecule has 6 nitrogen and oxygen atoms in total. The number of carbonyl (C=O) groups excluding carboxylic acids is 3. The van der Waals surface area contributed by atoms with Crippen LogP contribution in [0.4, 0.5) is 9.80 Å². The van der Waals surface area contributed by atoms with Crippen LogP contribution in [-0.2, 0) is 14.3 Å². The number of ether oxygens (including phenoxy) is 1. The summed E-state index contributed by atoms with van der Waals surface area (Å²) in [6, 6.07) is 2.86. The lowest BCUT2D eigenvalue weighted by Gasteiger charge is -2.39. The molecule has 0 bridgehead atoms. The van der Waals surface area contributed by atoms with Crippen LogP contribution in [0.3, 0.4) is 0 Å². The molecule has 0 aliphatic carbocycles. The van der Waals surface area contributed by atoms with Crippen LogP contribution >= 0.6 is 11.3 Å². The van der Waals surface area contributed by atoms with E-state index in [-0.39, 0.29) is 12.2 Å². The summed E-state index contributed by atoms with van der Waals surface area (Å²) >= 11 is 1.87. The molecule has 0 spiro atoms. The van der Waals surface area contributed by atoms with Gasteiger partial charge in [-0.15, -0.1) is 11.3 Å². The summed E-state index contributed by atoms with van der Waals surface area (Å²) in [6.07, 6.45) is 4.84. The minimum absolute atomic E-state index is 0.154. The van der Waals surface area contributed by atoms with Crippen LogP contribution in [0.5, 0.6) is 0 Å². The molecule has 1 aromatic rings. The number of thiophene rings is 1. The van der Waals surface area contributed by atoms with E-state index in [4.69, 9.17) is 14.3 Å². The maximum absolute atomic E-state index is 12.2. The second kappa shape index (κ2) is 9.38. The predicted octanol–water partition coefficient (Wildman–Crippen LogP) is 4.09. The van der Waals surface area contributed by atoms with Crippen LogP contribution in [0.2, 0.25) is 0 Å². The summed E-state index contributed by atoms with van der Waals surface area (Å²) in [7, 11) is 0. The van der Waals surface area contributed by atoms with Gasteiger partial charge in [0.25, 0.3) is 0 Å². The highest BCUT2D eigenvalue weighted by atomic mass is 32.1. The van der Waals surface area contributed by atoms with E-state index in [2.05, 4.69) is 23.3 Å². The SMILES string of the molecule is Cc1ccsc1N1CCCC1C1CCN(C(=O)OC(C)(C)C)CC1.O=C=O. The average Bonchev–Trinajstić information content (AvgIpc) is 3.22. The summed E-state index contributed by atoms with van der Waals surface area (Å²) in [4.78, 5) is 33.0. The molecule has 0 radical (unpaired) electrons. The molecule has 2 saturated heterocycles. The van der Waals surface area contributed by atoms with E-state index < -0.39 is 5.60 Å². The van der Waals surface area contributed by atoms with Crippen LogP contribution < -0.4 is 4.90 Å². The Balaban J connectivity index is 0.000000817. The van der Waals surface area contributed by atoms with Gasteiger partial charge in [-0.2, -0.15) is 9.59 Å². The number of amides is 1. The van der Waals surface area contributed by atoms with Crippen molar-refractivity contribution < 1.29 is 19.1 Å². The number of aryl methyl sites for hydroxylation is 1. The molecule has 0 saturated carbocycles. The highest BCUT2D eigenvalue weighted by Crippen LogP contribution is 2.38. The van der Waals surface area contributed by atoms with Gasteiger partial charge in [0.1, 0.15) is 5.60 Å². The van der Waals surface area contributed by atoms with Crippen LogP contribution in [0.1, 0.15) is 52.0 Å². The minimum atomic E-state index is -0.410. The Labute approximate surface area is 165 Å². The first-order chi connectivity index (χ1) is 12.8. The Morgan fingerprint density at radius 1 is 1.19 bits per heavy atom. The Morgan fingerprint density at radius 3 is 2.33 bits per heavy atom. The van der Waals surface area contributed by atoms with E-state index >= 15 is 0 Å². The van der Waals surface area contributed by atoms with Gasteiger partial charge in [0.2, 0.25) is 0 Å². The van der Waals surface area contributed by atoms with Crippen molar-refractivity contribution in [2.24, 2.45) is 5.92 Å². The van der Waals surface area contributed by atoms with Crippen molar-refractivity contribution in [3.8, 4) is 0 Å². The Bertz CT molecular complexity index is 653. The molecule has 7 heteroatoms. The first kappa shape index (κ1) is 21.5. The van der Waals surface area contributed by atoms with E-state index in [1.54, 1.807) is 0 Å². The molecule has 1 aromatic heterocycles. The van der Waals surface area contributed by atoms with Crippen molar-refractivity contribution in [3.63, 3.8) is 0 Å². The molecule has 3 rings (SSSR count). The Hall–Kier alpha value is -1.85. The van der Waals surface area contributed by atoms with Gasteiger partial charge in [-0.1, -0.05) is 0 Å². The van der Waals surface area contributed by atoms with Gasteiger partial charge in [-0.25, -0.2) is 4.79 Å². The number of hydrogen-bond acceptors (Lipinski definition) is 6. The quantitative estimate of drug-likeness (QED) is 0.756. The fourth-order valence-electron chi connectivity index (χ4n) is 3.99. The number of hydrogen-bond donors (Lipinski definition) is 0. The van der Waals surface area contributed by atoms with Crippen LogP contribution in [-0.4, -0.2) is 48.4 Å². The zero-order valence-corrected chi connectivity index (χ0v) is 17.5. The molecule has 27 heavy (non-hydrogen) atoms.